The van der Waals surface area contributed by atoms with Crippen molar-refractivity contribution in [2.75, 3.05) is 12.4 Å². The molecule has 6 nitrogen and oxygen atoms in total. The summed E-state index contributed by atoms with van der Waals surface area (Å²) in [7, 11) is 1.51. The predicted octanol–water partition coefficient (Wildman–Crippen LogP) is 6.06. The summed E-state index contributed by atoms with van der Waals surface area (Å²) in [6.07, 6.45) is 1.49. The molecule has 8 heteroatoms. The van der Waals surface area contributed by atoms with Gasteiger partial charge in [-0.05, 0) is 70.6 Å². The zero-order valence-electron chi connectivity index (χ0n) is 17.4. The largest absolute Gasteiger partial charge is 0.493 e. The van der Waals surface area contributed by atoms with E-state index in [4.69, 9.17) is 9.47 Å². The Bertz CT molecular complexity index is 1310. The Morgan fingerprint density at radius 3 is 2.64 bits per heavy atom. The number of nitriles is 2. The normalized spacial score (nSPS) is 10.6. The van der Waals surface area contributed by atoms with Crippen LogP contribution in [0.1, 0.15) is 16.7 Å². The van der Waals surface area contributed by atoms with Crippen molar-refractivity contribution < 1.29 is 14.3 Å². The Labute approximate surface area is 213 Å². The van der Waals surface area contributed by atoms with Crippen molar-refractivity contribution in [3.8, 4) is 23.6 Å². The molecule has 164 valence electrons. The minimum Gasteiger partial charge on any atom is -0.493 e. The van der Waals surface area contributed by atoms with Gasteiger partial charge in [-0.3, -0.25) is 4.79 Å². The van der Waals surface area contributed by atoms with Crippen molar-refractivity contribution in [1.29, 1.82) is 10.5 Å². The van der Waals surface area contributed by atoms with Crippen molar-refractivity contribution in [3.63, 3.8) is 0 Å². The highest BCUT2D eigenvalue weighted by atomic mass is 127. The van der Waals surface area contributed by atoms with Gasteiger partial charge in [0.2, 0.25) is 0 Å². The number of anilines is 1. The van der Waals surface area contributed by atoms with E-state index in [1.807, 2.05) is 24.3 Å². The van der Waals surface area contributed by atoms with Crippen LogP contribution in [0.5, 0.6) is 11.5 Å². The number of ether oxygens (including phenoxy) is 2. The number of rotatable bonds is 7. The monoisotopic (exact) mass is 613 g/mol. The number of benzene rings is 3. The van der Waals surface area contributed by atoms with Crippen LogP contribution in [0.2, 0.25) is 0 Å². The average Bonchev–Trinajstić information content (AvgIpc) is 2.81. The summed E-state index contributed by atoms with van der Waals surface area (Å²) >= 11 is 5.46. The summed E-state index contributed by atoms with van der Waals surface area (Å²) in [6, 6.07) is 21.9. The van der Waals surface area contributed by atoms with Gasteiger partial charge in [0.1, 0.15) is 18.2 Å². The maximum absolute atomic E-state index is 12.6. The highest BCUT2D eigenvalue weighted by Gasteiger charge is 2.15. The maximum Gasteiger partial charge on any atom is 0.266 e. The SMILES string of the molecule is COc1cc(/C=C(/C#N)C(=O)Nc2cccc(Br)c2)cc(I)c1OCc1ccccc1C#N. The number of hydrogen-bond acceptors (Lipinski definition) is 5. The molecule has 0 fully saturated rings. The molecule has 0 aliphatic rings. The number of nitrogens with one attached hydrogen (secondary N) is 1. The van der Waals surface area contributed by atoms with E-state index in [1.54, 1.807) is 42.5 Å². The molecule has 1 N–H and O–H groups in total. The molecule has 3 aromatic rings. The van der Waals surface area contributed by atoms with Crippen LogP contribution < -0.4 is 14.8 Å². The van der Waals surface area contributed by atoms with Gasteiger partial charge in [0, 0.05) is 15.7 Å². The van der Waals surface area contributed by atoms with E-state index in [1.165, 1.54) is 13.2 Å². The zero-order valence-corrected chi connectivity index (χ0v) is 21.2. The standard InChI is InChI=1S/C25H17BrIN3O3/c1-32-23-11-16(9-19(14-29)25(31)30-21-8-4-7-20(26)12-21)10-22(27)24(23)33-15-18-6-3-2-5-17(18)13-28/h2-12H,15H2,1H3,(H,30,31)/b19-9-. The van der Waals surface area contributed by atoms with Crippen molar-refractivity contribution in [1.82, 2.24) is 0 Å². The third kappa shape index (κ3) is 6.35. The number of hydrogen-bond donors (Lipinski definition) is 1. The van der Waals surface area contributed by atoms with Gasteiger partial charge in [0.15, 0.2) is 11.5 Å². The number of methoxy groups -OCH3 is 1. The molecule has 0 saturated heterocycles. The fourth-order valence-corrected chi connectivity index (χ4v) is 4.13. The van der Waals surface area contributed by atoms with Crippen LogP contribution in [-0.4, -0.2) is 13.0 Å². The lowest BCUT2D eigenvalue weighted by atomic mass is 10.1. The Morgan fingerprint density at radius 1 is 1.15 bits per heavy atom. The van der Waals surface area contributed by atoms with E-state index in [2.05, 4.69) is 49.9 Å². The molecular formula is C25H17BrIN3O3. The molecule has 0 aromatic heterocycles. The molecule has 33 heavy (non-hydrogen) atoms. The van der Waals surface area contributed by atoms with Crippen LogP contribution in [0.4, 0.5) is 5.69 Å². The van der Waals surface area contributed by atoms with Crippen LogP contribution >= 0.6 is 38.5 Å². The highest BCUT2D eigenvalue weighted by molar-refractivity contribution is 14.1. The Balaban J connectivity index is 1.84. The lowest BCUT2D eigenvalue weighted by molar-refractivity contribution is -0.112. The quantitative estimate of drug-likeness (QED) is 0.199. The van der Waals surface area contributed by atoms with Crippen LogP contribution in [0, 0.1) is 26.2 Å². The van der Waals surface area contributed by atoms with Gasteiger partial charge in [-0.2, -0.15) is 10.5 Å². The second-order valence-corrected chi connectivity index (χ2v) is 8.80. The fraction of sp³-hybridized carbons (Fsp3) is 0.0800. The van der Waals surface area contributed by atoms with Gasteiger partial charge in [-0.1, -0.05) is 40.2 Å². The lowest BCUT2D eigenvalue weighted by Gasteiger charge is -2.14. The molecular weight excluding hydrogens is 597 g/mol. The van der Waals surface area contributed by atoms with Gasteiger partial charge >= 0.3 is 0 Å². The third-order valence-electron chi connectivity index (χ3n) is 4.52. The summed E-state index contributed by atoms with van der Waals surface area (Å²) in [5.74, 6) is 0.449. The Kier molecular flexibility index (Phi) is 8.47. The first-order chi connectivity index (χ1) is 15.9. The van der Waals surface area contributed by atoms with Gasteiger partial charge in [0.05, 0.1) is 22.3 Å². The lowest BCUT2D eigenvalue weighted by Crippen LogP contribution is -2.13. The second kappa shape index (κ2) is 11.5. The average molecular weight is 614 g/mol. The van der Waals surface area contributed by atoms with Gasteiger partial charge in [-0.15, -0.1) is 0 Å². The van der Waals surface area contributed by atoms with Crippen molar-refractivity contribution in [3.05, 3.63) is 91.0 Å². The summed E-state index contributed by atoms with van der Waals surface area (Å²) in [5, 5.41) is 21.5. The van der Waals surface area contributed by atoms with Crippen LogP contribution in [0.15, 0.2) is 70.7 Å². The van der Waals surface area contributed by atoms with E-state index in [9.17, 15) is 15.3 Å². The first kappa shape index (κ1) is 24.3. The maximum atomic E-state index is 12.6. The molecule has 1 amide bonds. The molecule has 0 unspecified atom stereocenters. The molecule has 0 spiro atoms. The van der Waals surface area contributed by atoms with Gasteiger partial charge in [-0.25, -0.2) is 0 Å². The molecule has 0 bridgehead atoms. The van der Waals surface area contributed by atoms with E-state index >= 15 is 0 Å². The number of halogens is 2. The minimum absolute atomic E-state index is 0.0514. The Hall–Kier alpha value is -3.34. The molecule has 0 atom stereocenters. The molecule has 0 aliphatic carbocycles. The number of carbonyl (C=O) groups excluding carboxylic acids is 1. The Morgan fingerprint density at radius 2 is 1.94 bits per heavy atom. The first-order valence-electron chi connectivity index (χ1n) is 9.62. The summed E-state index contributed by atoms with van der Waals surface area (Å²) in [5.41, 5.74) is 2.44. The third-order valence-corrected chi connectivity index (χ3v) is 5.81. The summed E-state index contributed by atoms with van der Waals surface area (Å²) in [6.45, 7) is 0.198. The van der Waals surface area contributed by atoms with Crippen LogP contribution in [0.3, 0.4) is 0 Å². The van der Waals surface area contributed by atoms with E-state index < -0.39 is 5.91 Å². The molecule has 0 aliphatic heterocycles. The molecule has 0 saturated carbocycles. The van der Waals surface area contributed by atoms with Gasteiger partial charge in [0.25, 0.3) is 5.91 Å². The molecule has 3 aromatic carbocycles. The highest BCUT2D eigenvalue weighted by Crippen LogP contribution is 2.35. The second-order valence-electron chi connectivity index (χ2n) is 6.73. The molecule has 0 heterocycles. The minimum atomic E-state index is -0.516. The molecule has 0 radical (unpaired) electrons. The topological polar surface area (TPSA) is 95.1 Å². The summed E-state index contributed by atoms with van der Waals surface area (Å²) in [4.78, 5) is 12.6. The van der Waals surface area contributed by atoms with E-state index in [0.29, 0.717) is 28.3 Å². The number of amides is 1. The first-order valence-corrected chi connectivity index (χ1v) is 11.5. The van der Waals surface area contributed by atoms with E-state index in [-0.39, 0.29) is 12.2 Å². The van der Waals surface area contributed by atoms with Gasteiger partial charge < -0.3 is 14.8 Å². The number of nitrogens with zero attached hydrogens (tertiary/aromatic N) is 2. The van der Waals surface area contributed by atoms with Crippen molar-refractivity contribution in [2.24, 2.45) is 0 Å². The predicted molar refractivity (Wildman–Crippen MR) is 138 cm³/mol. The van der Waals surface area contributed by atoms with Crippen LogP contribution in [-0.2, 0) is 11.4 Å². The summed E-state index contributed by atoms with van der Waals surface area (Å²) < 4.78 is 13.0. The number of carbonyl (C=O) groups is 1. The smallest absolute Gasteiger partial charge is 0.266 e. The van der Waals surface area contributed by atoms with Crippen LogP contribution in [0.25, 0.3) is 6.08 Å². The van der Waals surface area contributed by atoms with E-state index in [0.717, 1.165) is 13.6 Å². The fourth-order valence-electron chi connectivity index (χ4n) is 2.95. The molecule has 3 rings (SSSR count). The zero-order chi connectivity index (χ0) is 23.8. The van der Waals surface area contributed by atoms with Crippen molar-refractivity contribution >= 4 is 56.2 Å². The van der Waals surface area contributed by atoms with Crippen molar-refractivity contribution in [2.45, 2.75) is 6.61 Å².